The van der Waals surface area contributed by atoms with E-state index < -0.39 is 0 Å². The molecule has 1 aromatic heterocycles. The van der Waals surface area contributed by atoms with Crippen LogP contribution in [-0.2, 0) is 0 Å². The highest BCUT2D eigenvalue weighted by Crippen LogP contribution is 2.30. The summed E-state index contributed by atoms with van der Waals surface area (Å²) in [6.07, 6.45) is 4.56. The van der Waals surface area contributed by atoms with E-state index in [9.17, 15) is 4.79 Å². The van der Waals surface area contributed by atoms with Crippen molar-refractivity contribution < 1.29 is 4.79 Å². The zero-order chi connectivity index (χ0) is 15.6. The van der Waals surface area contributed by atoms with Crippen LogP contribution in [0.2, 0.25) is 0 Å². The van der Waals surface area contributed by atoms with Crippen molar-refractivity contribution in [1.29, 1.82) is 0 Å². The summed E-state index contributed by atoms with van der Waals surface area (Å²) in [5.74, 6) is 1.12. The van der Waals surface area contributed by atoms with Gasteiger partial charge in [0.1, 0.15) is 10.7 Å². The van der Waals surface area contributed by atoms with Crippen molar-refractivity contribution in [2.24, 2.45) is 5.92 Å². The number of nitrogens with two attached hydrogens (primary N) is 1. The van der Waals surface area contributed by atoms with Crippen molar-refractivity contribution in [2.45, 2.75) is 58.5 Å². The van der Waals surface area contributed by atoms with Gasteiger partial charge in [0.15, 0.2) is 5.13 Å². The van der Waals surface area contributed by atoms with Gasteiger partial charge in [0.2, 0.25) is 0 Å². The third-order valence-corrected chi connectivity index (χ3v) is 5.10. The summed E-state index contributed by atoms with van der Waals surface area (Å²) in [5.41, 5.74) is 5.92. The summed E-state index contributed by atoms with van der Waals surface area (Å²) >= 11 is 1.35. The first-order chi connectivity index (χ1) is 9.88. The van der Waals surface area contributed by atoms with E-state index in [4.69, 9.17) is 5.73 Å². The van der Waals surface area contributed by atoms with Crippen molar-refractivity contribution in [3.05, 3.63) is 4.88 Å². The van der Waals surface area contributed by atoms with Crippen LogP contribution < -0.4 is 11.1 Å². The summed E-state index contributed by atoms with van der Waals surface area (Å²) in [5, 5.41) is 3.92. The molecule has 0 radical (unpaired) electrons. The third kappa shape index (κ3) is 3.87. The molecule has 1 amide bonds. The Hall–Kier alpha value is -1.30. The van der Waals surface area contributed by atoms with Gasteiger partial charge in [0.25, 0.3) is 5.91 Å². The van der Waals surface area contributed by atoms with E-state index in [1.54, 1.807) is 0 Å². The van der Waals surface area contributed by atoms with Crippen LogP contribution >= 0.6 is 11.3 Å². The number of hydrogen-bond donors (Lipinski definition) is 2. The topological polar surface area (TPSA) is 71.2 Å². The Labute approximate surface area is 130 Å². The van der Waals surface area contributed by atoms with Gasteiger partial charge in [-0.15, -0.1) is 0 Å². The van der Waals surface area contributed by atoms with Gasteiger partial charge < -0.3 is 16.0 Å². The van der Waals surface area contributed by atoms with E-state index in [0.717, 1.165) is 23.9 Å². The average Bonchev–Trinajstić information content (AvgIpc) is 2.78. The van der Waals surface area contributed by atoms with Crippen molar-refractivity contribution in [1.82, 2.24) is 9.88 Å². The molecule has 1 heterocycles. The Morgan fingerprint density at radius 1 is 1.38 bits per heavy atom. The first-order valence-electron chi connectivity index (χ1n) is 7.68. The van der Waals surface area contributed by atoms with E-state index in [2.05, 4.69) is 17.2 Å². The summed E-state index contributed by atoms with van der Waals surface area (Å²) in [6.45, 7) is 6.35. The Kier molecular flexibility index (Phi) is 5.08. The number of hydrogen-bond acceptors (Lipinski definition) is 5. The zero-order valence-electron chi connectivity index (χ0n) is 13.3. The largest absolute Gasteiger partial charge is 0.382 e. The van der Waals surface area contributed by atoms with Gasteiger partial charge in [0.05, 0.1) is 0 Å². The van der Waals surface area contributed by atoms with Crippen LogP contribution in [0.25, 0.3) is 0 Å². The maximum atomic E-state index is 12.6. The van der Waals surface area contributed by atoms with Gasteiger partial charge in [-0.3, -0.25) is 4.79 Å². The molecule has 0 spiro atoms. The summed E-state index contributed by atoms with van der Waals surface area (Å²) in [6, 6.07) is 0.604. The third-order valence-electron chi connectivity index (χ3n) is 4.11. The first kappa shape index (κ1) is 16.1. The minimum atomic E-state index is 0.00126. The van der Waals surface area contributed by atoms with Crippen LogP contribution in [0.3, 0.4) is 0 Å². The highest BCUT2D eigenvalue weighted by Gasteiger charge is 2.28. The van der Waals surface area contributed by atoms with Crippen molar-refractivity contribution in [2.75, 3.05) is 18.1 Å². The molecule has 1 aromatic rings. The van der Waals surface area contributed by atoms with Gasteiger partial charge >= 0.3 is 0 Å². The quantitative estimate of drug-likeness (QED) is 0.896. The second-order valence-corrected chi connectivity index (χ2v) is 7.36. The molecule has 21 heavy (non-hydrogen) atoms. The summed E-state index contributed by atoms with van der Waals surface area (Å²) in [7, 11) is 1.89. The molecule has 1 aliphatic carbocycles. The second-order valence-electron chi connectivity index (χ2n) is 6.36. The zero-order valence-corrected chi connectivity index (χ0v) is 14.2. The van der Waals surface area contributed by atoms with E-state index in [1.807, 2.05) is 25.8 Å². The smallest absolute Gasteiger partial charge is 0.267 e. The van der Waals surface area contributed by atoms with E-state index in [-0.39, 0.29) is 11.9 Å². The molecule has 6 heteroatoms. The number of nitrogens with zero attached hydrogens (tertiary/aromatic N) is 2. The number of rotatable bonds is 4. The Morgan fingerprint density at radius 2 is 2.00 bits per heavy atom. The fourth-order valence-corrected chi connectivity index (χ4v) is 3.76. The molecule has 0 unspecified atom stereocenters. The molecule has 0 atom stereocenters. The number of thiazole rings is 1. The van der Waals surface area contributed by atoms with Crippen LogP contribution in [0.5, 0.6) is 0 Å². The van der Waals surface area contributed by atoms with Crippen LogP contribution in [0.15, 0.2) is 0 Å². The van der Waals surface area contributed by atoms with Crippen LogP contribution in [-0.4, -0.2) is 34.9 Å². The minimum absolute atomic E-state index is 0.00126. The monoisotopic (exact) mass is 310 g/mol. The highest BCUT2D eigenvalue weighted by molar-refractivity contribution is 7.18. The lowest BCUT2D eigenvalue weighted by molar-refractivity contribution is 0.0685. The van der Waals surface area contributed by atoms with Crippen LogP contribution in [0, 0.1) is 5.92 Å². The molecule has 0 aliphatic heterocycles. The number of anilines is 2. The molecule has 2 rings (SSSR count). The predicted molar refractivity (Wildman–Crippen MR) is 88.8 cm³/mol. The molecule has 1 saturated carbocycles. The fourth-order valence-electron chi connectivity index (χ4n) is 2.75. The van der Waals surface area contributed by atoms with E-state index in [1.165, 1.54) is 24.2 Å². The number of carbonyl (C=O) groups is 1. The number of amides is 1. The lowest BCUT2D eigenvalue weighted by Gasteiger charge is -2.33. The predicted octanol–water partition coefficient (Wildman–Crippen LogP) is 3.20. The average molecular weight is 310 g/mol. The highest BCUT2D eigenvalue weighted by atomic mass is 32.1. The Morgan fingerprint density at radius 3 is 2.57 bits per heavy atom. The molecule has 118 valence electrons. The summed E-state index contributed by atoms with van der Waals surface area (Å²) < 4.78 is 0. The molecule has 0 bridgehead atoms. The minimum Gasteiger partial charge on any atom is -0.382 e. The van der Waals surface area contributed by atoms with Crippen molar-refractivity contribution in [3.8, 4) is 0 Å². The molecule has 3 N–H and O–H groups in total. The number of carbonyl (C=O) groups excluding carboxylic acids is 1. The van der Waals surface area contributed by atoms with E-state index >= 15 is 0 Å². The van der Waals surface area contributed by atoms with Gasteiger partial charge in [-0.2, -0.15) is 0 Å². The fraction of sp³-hybridized carbons (Fsp3) is 0.733. The first-order valence-corrected chi connectivity index (χ1v) is 8.50. The molecule has 0 aromatic carbocycles. The lowest BCUT2D eigenvalue weighted by atomic mass is 9.87. The number of nitrogen functional groups attached to an aromatic ring is 1. The van der Waals surface area contributed by atoms with E-state index in [0.29, 0.717) is 16.7 Å². The standard InChI is InChI=1S/C15H26N4OS/c1-9(2)17-15-18-13(16)12(21-15)14(20)19(4)11-7-5-10(3)6-8-11/h9-11H,5-8,16H2,1-4H3,(H,17,18). The molecular formula is C15H26N4OS. The van der Waals surface area contributed by atoms with Crippen LogP contribution in [0.1, 0.15) is 56.1 Å². The second kappa shape index (κ2) is 6.64. The molecule has 5 nitrogen and oxygen atoms in total. The van der Waals surface area contributed by atoms with Gasteiger partial charge in [-0.05, 0) is 45.4 Å². The molecule has 0 saturated heterocycles. The van der Waals surface area contributed by atoms with Crippen LogP contribution in [0.4, 0.5) is 10.9 Å². The SMILES string of the molecule is CC1CCC(N(C)C(=O)c2sc(NC(C)C)nc2N)CC1. The summed E-state index contributed by atoms with van der Waals surface area (Å²) in [4.78, 5) is 19.3. The Balaban J connectivity index is 2.06. The number of nitrogens with one attached hydrogen (secondary N) is 1. The Bertz CT molecular complexity index is 492. The van der Waals surface area contributed by atoms with Crippen molar-refractivity contribution in [3.63, 3.8) is 0 Å². The molecule has 1 aliphatic rings. The molecule has 1 fully saturated rings. The van der Waals surface area contributed by atoms with Gasteiger partial charge in [-0.1, -0.05) is 18.3 Å². The van der Waals surface area contributed by atoms with Gasteiger partial charge in [0, 0.05) is 19.1 Å². The lowest BCUT2D eigenvalue weighted by Crippen LogP contribution is -2.39. The molecular weight excluding hydrogens is 284 g/mol. The maximum Gasteiger partial charge on any atom is 0.267 e. The normalized spacial score (nSPS) is 22.3. The number of aromatic nitrogens is 1. The van der Waals surface area contributed by atoms with Crippen molar-refractivity contribution >= 4 is 28.2 Å². The maximum absolute atomic E-state index is 12.6. The van der Waals surface area contributed by atoms with Gasteiger partial charge in [-0.25, -0.2) is 4.98 Å².